The van der Waals surface area contributed by atoms with Gasteiger partial charge in [0, 0.05) is 4.83 Å². The molecule has 3 saturated carbocycles. The quantitative estimate of drug-likeness (QED) is 0.380. The van der Waals surface area contributed by atoms with Crippen molar-refractivity contribution in [1.29, 1.82) is 0 Å². The smallest absolute Gasteiger partial charge is 0.0920 e. The van der Waals surface area contributed by atoms with Gasteiger partial charge >= 0.3 is 0 Å². The summed E-state index contributed by atoms with van der Waals surface area (Å²) in [5, 5.41) is 0. The van der Waals surface area contributed by atoms with Gasteiger partial charge in [-0.2, -0.15) is 0 Å². The Balaban J connectivity index is 1.70. The van der Waals surface area contributed by atoms with Crippen molar-refractivity contribution in [3.8, 4) is 0 Å². The molecule has 0 spiro atoms. The lowest BCUT2D eigenvalue weighted by atomic mass is 9.42. The summed E-state index contributed by atoms with van der Waals surface area (Å²) in [4.78, 5) is 0.697. The molecular formula is C20H33BrO. The monoisotopic (exact) mass is 368 g/mol. The largest absolute Gasteiger partial charge is 0.366 e. The van der Waals surface area contributed by atoms with Crippen molar-refractivity contribution < 1.29 is 4.74 Å². The van der Waals surface area contributed by atoms with Gasteiger partial charge in [-0.3, -0.25) is 0 Å². The number of ether oxygens (including phenoxy) is 1. The second kappa shape index (κ2) is 4.54. The van der Waals surface area contributed by atoms with Crippen LogP contribution in [0.5, 0.6) is 0 Å². The Morgan fingerprint density at radius 3 is 2.27 bits per heavy atom. The molecule has 0 bridgehead atoms. The lowest BCUT2D eigenvalue weighted by Crippen LogP contribution is -2.57. The zero-order chi connectivity index (χ0) is 16.0. The molecule has 126 valence electrons. The average molecular weight is 369 g/mol. The molecule has 1 aliphatic heterocycles. The van der Waals surface area contributed by atoms with Crippen LogP contribution in [-0.4, -0.2) is 16.5 Å². The van der Waals surface area contributed by atoms with Crippen molar-refractivity contribution in [2.45, 2.75) is 96.1 Å². The van der Waals surface area contributed by atoms with Crippen LogP contribution in [0.25, 0.3) is 0 Å². The molecule has 0 aromatic heterocycles. The molecule has 1 saturated heterocycles. The summed E-state index contributed by atoms with van der Waals surface area (Å²) in [6.07, 6.45) is 10.2. The highest BCUT2D eigenvalue weighted by atomic mass is 79.9. The number of halogens is 1. The van der Waals surface area contributed by atoms with Crippen molar-refractivity contribution >= 4 is 15.9 Å². The third kappa shape index (κ3) is 1.98. The van der Waals surface area contributed by atoms with E-state index in [-0.39, 0.29) is 5.60 Å². The minimum absolute atomic E-state index is 0.231. The maximum absolute atomic E-state index is 6.08. The van der Waals surface area contributed by atoms with E-state index in [0.717, 1.165) is 11.8 Å². The van der Waals surface area contributed by atoms with Gasteiger partial charge < -0.3 is 4.74 Å². The van der Waals surface area contributed by atoms with Crippen LogP contribution in [0.3, 0.4) is 0 Å². The Kier molecular flexibility index (Phi) is 3.29. The minimum Gasteiger partial charge on any atom is -0.366 e. The van der Waals surface area contributed by atoms with Crippen LogP contribution >= 0.6 is 15.9 Å². The third-order valence-corrected chi connectivity index (χ3v) is 10.3. The number of epoxide rings is 1. The van der Waals surface area contributed by atoms with E-state index in [1.807, 2.05) is 0 Å². The predicted octanol–water partition coefficient (Wildman–Crippen LogP) is 5.95. The summed E-state index contributed by atoms with van der Waals surface area (Å²) >= 11 is 4.02. The van der Waals surface area contributed by atoms with Gasteiger partial charge in [-0.15, -0.1) is 0 Å². The predicted molar refractivity (Wildman–Crippen MR) is 95.3 cm³/mol. The van der Waals surface area contributed by atoms with E-state index < -0.39 is 0 Å². The van der Waals surface area contributed by atoms with Crippen LogP contribution < -0.4 is 0 Å². The average Bonchev–Trinajstić information content (AvgIpc) is 3.04. The molecule has 0 radical (unpaired) electrons. The first kappa shape index (κ1) is 15.9. The number of alkyl halides is 1. The highest BCUT2D eigenvalue weighted by molar-refractivity contribution is 9.09. The van der Waals surface area contributed by atoms with Crippen molar-refractivity contribution in [3.05, 3.63) is 0 Å². The molecule has 2 heteroatoms. The molecule has 4 fully saturated rings. The van der Waals surface area contributed by atoms with Crippen LogP contribution in [0, 0.1) is 28.1 Å². The molecule has 4 rings (SSSR count). The topological polar surface area (TPSA) is 12.5 Å². The first-order valence-corrected chi connectivity index (χ1v) is 10.4. The van der Waals surface area contributed by atoms with E-state index in [9.17, 15) is 0 Å². The van der Waals surface area contributed by atoms with Gasteiger partial charge in [0.1, 0.15) is 0 Å². The van der Waals surface area contributed by atoms with Crippen LogP contribution in [0.1, 0.15) is 79.6 Å². The van der Waals surface area contributed by atoms with E-state index in [1.54, 1.807) is 0 Å². The van der Waals surface area contributed by atoms with Crippen molar-refractivity contribution in [1.82, 2.24) is 0 Å². The summed E-state index contributed by atoms with van der Waals surface area (Å²) in [5.74, 6) is 1.77. The van der Waals surface area contributed by atoms with Crippen LogP contribution in [0.15, 0.2) is 0 Å². The van der Waals surface area contributed by atoms with E-state index in [4.69, 9.17) is 4.74 Å². The minimum atomic E-state index is 0.231. The van der Waals surface area contributed by atoms with Crippen LogP contribution in [0.2, 0.25) is 0 Å². The Morgan fingerprint density at radius 2 is 1.55 bits per heavy atom. The van der Waals surface area contributed by atoms with Gasteiger partial charge in [-0.25, -0.2) is 0 Å². The molecule has 1 unspecified atom stereocenters. The lowest BCUT2D eigenvalue weighted by Gasteiger charge is -2.63. The summed E-state index contributed by atoms with van der Waals surface area (Å²) in [5.41, 5.74) is 1.71. The van der Waals surface area contributed by atoms with Crippen LogP contribution in [0.4, 0.5) is 0 Å². The summed E-state index contributed by atoms with van der Waals surface area (Å²) in [6.45, 7) is 12.7. The highest BCUT2D eigenvalue weighted by Gasteiger charge is 2.65. The van der Waals surface area contributed by atoms with Crippen LogP contribution in [-0.2, 0) is 4.74 Å². The SMILES string of the molecule is CC1(C)[C@@H](Br)CC[C@]2(C)C3CC[C@]4(C)O[C@@H]4C[C@]3(C)CC[C@@H]12. The molecule has 0 aromatic carbocycles. The molecule has 3 aliphatic carbocycles. The van der Waals surface area contributed by atoms with Gasteiger partial charge in [-0.05, 0) is 80.0 Å². The maximum atomic E-state index is 6.08. The summed E-state index contributed by atoms with van der Waals surface area (Å²) in [6, 6.07) is 0. The maximum Gasteiger partial charge on any atom is 0.0920 e. The van der Waals surface area contributed by atoms with E-state index in [0.29, 0.717) is 27.2 Å². The standard InChI is InChI=1S/C20H33BrO/c1-17(2)13-6-9-18(3)12-16-20(5,22-16)11-7-14(18)19(13,4)10-8-15(17)21/h13-16H,6-12H2,1-5H3/t13-,14?,15-,16+,18-,19-,20-/m0/s1. The molecular weight excluding hydrogens is 336 g/mol. The molecule has 1 nitrogen and oxygen atoms in total. The fourth-order valence-electron chi connectivity index (χ4n) is 7.16. The Morgan fingerprint density at radius 1 is 0.864 bits per heavy atom. The van der Waals surface area contributed by atoms with E-state index in [2.05, 4.69) is 50.5 Å². The number of hydrogen-bond acceptors (Lipinski definition) is 1. The number of rotatable bonds is 0. The van der Waals surface area contributed by atoms with Gasteiger partial charge in [0.25, 0.3) is 0 Å². The van der Waals surface area contributed by atoms with E-state index >= 15 is 0 Å². The molecule has 0 aromatic rings. The van der Waals surface area contributed by atoms with Gasteiger partial charge in [0.2, 0.25) is 0 Å². The van der Waals surface area contributed by atoms with Crippen molar-refractivity contribution in [2.24, 2.45) is 28.1 Å². The second-order valence-corrected chi connectivity index (χ2v) is 11.4. The first-order chi connectivity index (χ1) is 10.1. The Bertz CT molecular complexity index is 488. The molecule has 4 aliphatic rings. The Hall–Kier alpha value is 0.440. The first-order valence-electron chi connectivity index (χ1n) is 9.44. The van der Waals surface area contributed by atoms with Gasteiger partial charge in [-0.1, -0.05) is 43.6 Å². The zero-order valence-corrected chi connectivity index (χ0v) is 16.6. The molecule has 0 amide bonds. The van der Waals surface area contributed by atoms with E-state index in [1.165, 1.54) is 44.9 Å². The lowest BCUT2D eigenvalue weighted by molar-refractivity contribution is -0.132. The van der Waals surface area contributed by atoms with Crippen molar-refractivity contribution in [2.75, 3.05) is 0 Å². The Labute approximate surface area is 145 Å². The zero-order valence-electron chi connectivity index (χ0n) is 15.0. The number of fused-ring (bicyclic) bond motifs is 4. The third-order valence-electron chi connectivity index (χ3n) is 8.70. The normalized spacial score (nSPS) is 59.7. The van der Waals surface area contributed by atoms with Crippen molar-refractivity contribution in [3.63, 3.8) is 0 Å². The fourth-order valence-corrected chi connectivity index (χ4v) is 7.71. The summed E-state index contributed by atoms with van der Waals surface area (Å²) < 4.78 is 6.08. The van der Waals surface area contributed by atoms with Gasteiger partial charge in [0.15, 0.2) is 0 Å². The molecule has 1 heterocycles. The fraction of sp³-hybridized carbons (Fsp3) is 1.00. The van der Waals surface area contributed by atoms with Gasteiger partial charge in [0.05, 0.1) is 11.7 Å². The molecule has 7 atom stereocenters. The second-order valence-electron chi connectivity index (χ2n) is 10.3. The highest BCUT2D eigenvalue weighted by Crippen LogP contribution is 2.69. The summed E-state index contributed by atoms with van der Waals surface area (Å²) in [7, 11) is 0. The molecule has 0 N–H and O–H groups in total. The molecule has 22 heavy (non-hydrogen) atoms. The number of hydrogen-bond donors (Lipinski definition) is 0.